The first-order valence-electron chi connectivity index (χ1n) is 11.4. The number of guanidine groups is 1. The average molecular weight is 420 g/mol. The van der Waals surface area contributed by atoms with Crippen molar-refractivity contribution in [3.05, 3.63) is 23.8 Å². The van der Waals surface area contributed by atoms with Crippen LogP contribution in [0.3, 0.4) is 0 Å². The molecule has 1 saturated carbocycles. The Morgan fingerprint density at radius 1 is 1.07 bits per heavy atom. The molecule has 0 saturated heterocycles. The number of aliphatic imine (C=N–C) groups is 1. The van der Waals surface area contributed by atoms with Crippen molar-refractivity contribution in [1.82, 2.24) is 10.2 Å². The van der Waals surface area contributed by atoms with E-state index in [2.05, 4.69) is 28.3 Å². The highest BCUT2D eigenvalue weighted by atomic mass is 16.5. The Hall–Kier alpha value is -1.95. The lowest BCUT2D eigenvalue weighted by Gasteiger charge is -2.22. The largest absolute Gasteiger partial charge is 0.493 e. The number of unbranched alkanes of at least 4 members (excludes halogenated alkanes) is 1. The molecule has 30 heavy (non-hydrogen) atoms. The van der Waals surface area contributed by atoms with E-state index in [0.717, 1.165) is 56.4 Å². The second kappa shape index (κ2) is 14.1. The van der Waals surface area contributed by atoms with Gasteiger partial charge in [0.1, 0.15) is 0 Å². The number of hydrogen-bond acceptors (Lipinski definition) is 4. The summed E-state index contributed by atoms with van der Waals surface area (Å²) in [6, 6.07) is 6.08. The Morgan fingerprint density at radius 2 is 1.80 bits per heavy atom. The Labute approximate surface area is 183 Å². The van der Waals surface area contributed by atoms with Gasteiger partial charge in [-0.25, -0.2) is 0 Å². The van der Waals surface area contributed by atoms with E-state index in [9.17, 15) is 0 Å². The van der Waals surface area contributed by atoms with E-state index < -0.39 is 0 Å². The molecule has 6 heteroatoms. The molecule has 0 radical (unpaired) electrons. The van der Waals surface area contributed by atoms with Gasteiger partial charge in [-0.1, -0.05) is 31.7 Å². The van der Waals surface area contributed by atoms with Crippen LogP contribution in [0.25, 0.3) is 0 Å². The maximum atomic E-state index is 6.08. The van der Waals surface area contributed by atoms with Gasteiger partial charge in [-0.3, -0.25) is 4.99 Å². The molecule has 0 aliphatic heterocycles. The first-order chi connectivity index (χ1) is 14.7. The molecule has 0 spiro atoms. The minimum absolute atomic E-state index is 0.496. The fraction of sp³-hybridized carbons (Fsp3) is 0.708. The van der Waals surface area contributed by atoms with Crippen LogP contribution >= 0.6 is 0 Å². The SMILES string of the molecule is CN=C(NCCCCOC1CCCCCC1)N(C)CCc1ccc(OC)c(OC)c1. The summed E-state index contributed by atoms with van der Waals surface area (Å²) in [7, 11) is 7.24. The number of hydrogen-bond donors (Lipinski definition) is 1. The van der Waals surface area contributed by atoms with Gasteiger partial charge < -0.3 is 24.4 Å². The van der Waals surface area contributed by atoms with Crippen LogP contribution in [0.5, 0.6) is 11.5 Å². The van der Waals surface area contributed by atoms with Crippen LogP contribution in [0.15, 0.2) is 23.2 Å². The molecule has 0 bridgehead atoms. The third kappa shape index (κ3) is 8.42. The molecule has 1 aromatic rings. The smallest absolute Gasteiger partial charge is 0.193 e. The molecule has 6 nitrogen and oxygen atoms in total. The van der Waals surface area contributed by atoms with E-state index in [4.69, 9.17) is 14.2 Å². The number of nitrogens with one attached hydrogen (secondary N) is 1. The average Bonchev–Trinajstić information content (AvgIpc) is 3.05. The summed E-state index contributed by atoms with van der Waals surface area (Å²) in [6.07, 6.45) is 11.5. The first-order valence-corrected chi connectivity index (χ1v) is 11.4. The zero-order chi connectivity index (χ0) is 21.6. The third-order valence-electron chi connectivity index (χ3n) is 5.77. The lowest BCUT2D eigenvalue weighted by atomic mass is 10.1. The highest BCUT2D eigenvalue weighted by molar-refractivity contribution is 5.79. The van der Waals surface area contributed by atoms with E-state index in [1.54, 1.807) is 14.2 Å². The Kier molecular flexibility index (Phi) is 11.5. The molecule has 0 amide bonds. The van der Waals surface area contributed by atoms with Crippen LogP contribution in [0.4, 0.5) is 0 Å². The fourth-order valence-electron chi connectivity index (χ4n) is 3.91. The first kappa shape index (κ1) is 24.3. The van der Waals surface area contributed by atoms with Gasteiger partial charge >= 0.3 is 0 Å². The molecule has 170 valence electrons. The third-order valence-corrected chi connectivity index (χ3v) is 5.77. The zero-order valence-corrected chi connectivity index (χ0v) is 19.4. The molecular weight excluding hydrogens is 378 g/mol. The molecule has 1 fully saturated rings. The normalized spacial score (nSPS) is 15.5. The van der Waals surface area contributed by atoms with Crippen LogP contribution in [-0.2, 0) is 11.2 Å². The molecule has 1 aliphatic carbocycles. The predicted octanol–water partition coefficient (Wildman–Crippen LogP) is 4.27. The number of nitrogens with zero attached hydrogens (tertiary/aromatic N) is 2. The number of benzene rings is 1. The van der Waals surface area contributed by atoms with Crippen LogP contribution in [0.1, 0.15) is 56.9 Å². The summed E-state index contributed by atoms with van der Waals surface area (Å²) in [4.78, 5) is 6.58. The topological polar surface area (TPSA) is 55.3 Å². The zero-order valence-electron chi connectivity index (χ0n) is 19.4. The van der Waals surface area contributed by atoms with Gasteiger partial charge in [0.15, 0.2) is 17.5 Å². The van der Waals surface area contributed by atoms with Crippen molar-refractivity contribution in [2.75, 3.05) is 48.0 Å². The highest BCUT2D eigenvalue weighted by Crippen LogP contribution is 2.27. The standard InChI is InChI=1S/C24H41N3O3/c1-25-24(26-16-9-10-18-30-21-11-7-5-6-8-12-21)27(2)17-15-20-13-14-22(28-3)23(19-20)29-4/h13-14,19,21H,5-12,15-18H2,1-4H3,(H,25,26). The molecule has 0 heterocycles. The van der Waals surface area contributed by atoms with E-state index in [1.165, 1.54) is 44.1 Å². The summed E-state index contributed by atoms with van der Waals surface area (Å²) in [5.41, 5.74) is 1.21. The number of methoxy groups -OCH3 is 2. The fourth-order valence-corrected chi connectivity index (χ4v) is 3.91. The van der Waals surface area contributed by atoms with Crippen molar-refractivity contribution in [3.63, 3.8) is 0 Å². The van der Waals surface area contributed by atoms with Gasteiger partial charge in [-0.05, 0) is 49.8 Å². The lowest BCUT2D eigenvalue weighted by Crippen LogP contribution is -2.40. The molecular formula is C24H41N3O3. The summed E-state index contributed by atoms with van der Waals surface area (Å²) in [5, 5.41) is 3.47. The molecule has 0 atom stereocenters. The summed E-state index contributed by atoms with van der Waals surface area (Å²) in [5.74, 6) is 2.46. The molecule has 1 N–H and O–H groups in total. The van der Waals surface area contributed by atoms with Crippen molar-refractivity contribution in [2.45, 2.75) is 63.9 Å². The lowest BCUT2D eigenvalue weighted by molar-refractivity contribution is 0.0411. The van der Waals surface area contributed by atoms with E-state index >= 15 is 0 Å². The Bertz CT molecular complexity index is 628. The van der Waals surface area contributed by atoms with Crippen molar-refractivity contribution in [1.29, 1.82) is 0 Å². The second-order valence-electron chi connectivity index (χ2n) is 8.03. The van der Waals surface area contributed by atoms with Crippen LogP contribution < -0.4 is 14.8 Å². The Balaban J connectivity index is 1.64. The van der Waals surface area contributed by atoms with Crippen LogP contribution in [0, 0.1) is 0 Å². The minimum Gasteiger partial charge on any atom is -0.493 e. The second-order valence-corrected chi connectivity index (χ2v) is 8.03. The van der Waals surface area contributed by atoms with E-state index in [-0.39, 0.29) is 0 Å². The Morgan fingerprint density at radius 3 is 2.47 bits per heavy atom. The summed E-state index contributed by atoms with van der Waals surface area (Å²) >= 11 is 0. The van der Waals surface area contributed by atoms with E-state index in [1.807, 2.05) is 19.2 Å². The van der Waals surface area contributed by atoms with Gasteiger partial charge in [0.25, 0.3) is 0 Å². The summed E-state index contributed by atoms with van der Waals surface area (Å²) in [6.45, 7) is 2.67. The maximum Gasteiger partial charge on any atom is 0.193 e. The molecule has 1 aromatic carbocycles. The molecule has 1 aliphatic rings. The monoisotopic (exact) mass is 419 g/mol. The van der Waals surface area contributed by atoms with E-state index in [0.29, 0.717) is 6.10 Å². The van der Waals surface area contributed by atoms with Gasteiger partial charge in [0.2, 0.25) is 0 Å². The molecule has 0 aromatic heterocycles. The van der Waals surface area contributed by atoms with Gasteiger partial charge in [-0.2, -0.15) is 0 Å². The number of rotatable bonds is 11. The number of likely N-dealkylation sites (N-methyl/N-ethyl adjacent to an activating group) is 1. The van der Waals surface area contributed by atoms with Crippen LogP contribution in [0.2, 0.25) is 0 Å². The molecule has 0 unspecified atom stereocenters. The number of ether oxygens (including phenoxy) is 3. The van der Waals surface area contributed by atoms with Crippen molar-refractivity contribution in [3.8, 4) is 11.5 Å². The highest BCUT2D eigenvalue weighted by Gasteiger charge is 2.12. The van der Waals surface area contributed by atoms with Crippen LogP contribution in [-0.4, -0.2) is 65.0 Å². The van der Waals surface area contributed by atoms with Crippen molar-refractivity contribution >= 4 is 5.96 Å². The summed E-state index contributed by atoms with van der Waals surface area (Å²) < 4.78 is 16.8. The quantitative estimate of drug-likeness (QED) is 0.251. The van der Waals surface area contributed by atoms with Gasteiger partial charge in [-0.15, -0.1) is 0 Å². The maximum absolute atomic E-state index is 6.08. The van der Waals surface area contributed by atoms with Crippen molar-refractivity contribution < 1.29 is 14.2 Å². The minimum atomic E-state index is 0.496. The van der Waals surface area contributed by atoms with Gasteiger partial charge in [0.05, 0.1) is 20.3 Å². The van der Waals surface area contributed by atoms with Crippen molar-refractivity contribution in [2.24, 2.45) is 4.99 Å². The van der Waals surface area contributed by atoms with Gasteiger partial charge in [0, 0.05) is 33.8 Å². The molecule has 2 rings (SSSR count). The predicted molar refractivity (Wildman–Crippen MR) is 124 cm³/mol.